The van der Waals surface area contributed by atoms with Crippen LogP contribution < -0.4 is 5.32 Å². The monoisotopic (exact) mass is 320 g/mol. The summed E-state index contributed by atoms with van der Waals surface area (Å²) in [6.07, 6.45) is 1.07. The molecule has 0 aliphatic carbocycles. The summed E-state index contributed by atoms with van der Waals surface area (Å²) < 4.78 is 22.2. The maximum Gasteiger partial charge on any atom is 0.287 e. The standard InChI is InChI=1S/C11H13ClN2O5S/c1-7(6-20(2,18)19)13-11(15)8-3-4-10(14(16)17)9(12)5-8/h3-5,7H,6H2,1-2H3,(H,13,15). The molecule has 0 aliphatic rings. The fraction of sp³-hybridized carbons (Fsp3) is 0.364. The average molecular weight is 321 g/mol. The lowest BCUT2D eigenvalue weighted by Crippen LogP contribution is -2.37. The second-order valence-electron chi connectivity index (χ2n) is 4.39. The normalized spacial score (nSPS) is 12.8. The van der Waals surface area contributed by atoms with E-state index in [1.807, 2.05) is 0 Å². The molecule has 0 saturated carbocycles. The van der Waals surface area contributed by atoms with Crippen molar-refractivity contribution >= 4 is 33.0 Å². The highest BCUT2D eigenvalue weighted by Gasteiger charge is 2.18. The molecule has 0 bridgehead atoms. The van der Waals surface area contributed by atoms with E-state index in [0.29, 0.717) is 0 Å². The Morgan fingerprint density at radius 1 is 1.50 bits per heavy atom. The highest BCUT2D eigenvalue weighted by molar-refractivity contribution is 7.90. The predicted molar refractivity (Wildman–Crippen MR) is 74.7 cm³/mol. The Balaban J connectivity index is 2.83. The Morgan fingerprint density at radius 2 is 2.10 bits per heavy atom. The number of nitrogens with one attached hydrogen (secondary N) is 1. The number of carbonyl (C=O) groups is 1. The Hall–Kier alpha value is -1.67. The van der Waals surface area contributed by atoms with Crippen LogP contribution in [0.4, 0.5) is 5.69 Å². The van der Waals surface area contributed by atoms with Gasteiger partial charge < -0.3 is 5.32 Å². The molecule has 1 N–H and O–H groups in total. The Kier molecular flexibility index (Phi) is 5.07. The highest BCUT2D eigenvalue weighted by Crippen LogP contribution is 2.24. The van der Waals surface area contributed by atoms with Crippen LogP contribution >= 0.6 is 11.6 Å². The third-order valence-electron chi connectivity index (χ3n) is 2.34. The van der Waals surface area contributed by atoms with Gasteiger partial charge in [0.2, 0.25) is 0 Å². The van der Waals surface area contributed by atoms with Crippen LogP contribution in [0.25, 0.3) is 0 Å². The van der Waals surface area contributed by atoms with Crippen LogP contribution in [-0.4, -0.2) is 37.3 Å². The van der Waals surface area contributed by atoms with Crippen molar-refractivity contribution in [2.75, 3.05) is 12.0 Å². The minimum Gasteiger partial charge on any atom is -0.349 e. The lowest BCUT2D eigenvalue weighted by atomic mass is 10.2. The van der Waals surface area contributed by atoms with Gasteiger partial charge in [-0.1, -0.05) is 11.6 Å². The molecular weight excluding hydrogens is 308 g/mol. The molecule has 0 heterocycles. The van der Waals surface area contributed by atoms with Crippen LogP contribution in [0.15, 0.2) is 18.2 Å². The van der Waals surface area contributed by atoms with Gasteiger partial charge in [-0.3, -0.25) is 14.9 Å². The van der Waals surface area contributed by atoms with Crippen LogP contribution in [0.1, 0.15) is 17.3 Å². The zero-order valence-electron chi connectivity index (χ0n) is 10.8. The summed E-state index contributed by atoms with van der Waals surface area (Å²) in [5.41, 5.74) is -0.173. The SMILES string of the molecule is CC(CS(C)(=O)=O)NC(=O)c1ccc([N+](=O)[O-])c(Cl)c1. The van der Waals surface area contributed by atoms with Gasteiger partial charge >= 0.3 is 0 Å². The summed E-state index contributed by atoms with van der Waals surface area (Å²) in [6, 6.07) is 2.97. The molecule has 0 fully saturated rings. The van der Waals surface area contributed by atoms with Gasteiger partial charge in [-0.2, -0.15) is 0 Å². The zero-order chi connectivity index (χ0) is 15.5. The number of hydrogen-bond acceptors (Lipinski definition) is 5. The van der Waals surface area contributed by atoms with Crippen LogP contribution in [0.5, 0.6) is 0 Å². The summed E-state index contributed by atoms with van der Waals surface area (Å²) >= 11 is 5.69. The zero-order valence-corrected chi connectivity index (χ0v) is 12.4. The van der Waals surface area contributed by atoms with E-state index in [-0.39, 0.29) is 22.0 Å². The maximum absolute atomic E-state index is 11.8. The molecule has 1 aromatic rings. The number of nitro groups is 1. The maximum atomic E-state index is 11.8. The molecule has 1 atom stereocenters. The molecule has 1 amide bonds. The molecule has 7 nitrogen and oxygen atoms in total. The number of sulfone groups is 1. The molecule has 0 spiro atoms. The Bertz CT molecular complexity index is 644. The minimum atomic E-state index is -3.21. The number of halogens is 1. The summed E-state index contributed by atoms with van der Waals surface area (Å²) in [5, 5.41) is 12.9. The van der Waals surface area contributed by atoms with E-state index in [1.54, 1.807) is 6.92 Å². The largest absolute Gasteiger partial charge is 0.349 e. The van der Waals surface area contributed by atoms with Gasteiger partial charge in [-0.25, -0.2) is 8.42 Å². The third kappa shape index (κ3) is 4.78. The molecule has 0 radical (unpaired) electrons. The summed E-state index contributed by atoms with van der Waals surface area (Å²) in [7, 11) is -3.21. The van der Waals surface area contributed by atoms with E-state index >= 15 is 0 Å². The Labute approximate surface area is 121 Å². The third-order valence-corrected chi connectivity index (χ3v) is 3.75. The van der Waals surface area contributed by atoms with Gasteiger partial charge in [0.15, 0.2) is 0 Å². The van der Waals surface area contributed by atoms with Crippen molar-refractivity contribution in [1.29, 1.82) is 0 Å². The van der Waals surface area contributed by atoms with E-state index < -0.39 is 26.7 Å². The Morgan fingerprint density at radius 3 is 2.55 bits per heavy atom. The molecule has 110 valence electrons. The van der Waals surface area contributed by atoms with E-state index in [1.165, 1.54) is 12.1 Å². The molecule has 0 aromatic heterocycles. The predicted octanol–water partition coefficient (Wildman–Crippen LogP) is 1.41. The van der Waals surface area contributed by atoms with Crippen molar-refractivity contribution < 1.29 is 18.1 Å². The first-order valence-corrected chi connectivity index (χ1v) is 7.96. The summed E-state index contributed by atoms with van der Waals surface area (Å²) in [4.78, 5) is 21.8. The first-order valence-electron chi connectivity index (χ1n) is 5.52. The molecule has 1 unspecified atom stereocenters. The number of nitrogens with zero attached hydrogens (tertiary/aromatic N) is 1. The molecule has 0 saturated heterocycles. The molecule has 0 aliphatic heterocycles. The van der Waals surface area contributed by atoms with Crippen molar-refractivity contribution in [2.45, 2.75) is 13.0 Å². The van der Waals surface area contributed by atoms with Crippen LogP contribution in [0.3, 0.4) is 0 Å². The summed E-state index contributed by atoms with van der Waals surface area (Å²) in [5.74, 6) is -0.739. The number of carbonyl (C=O) groups excluding carboxylic acids is 1. The van der Waals surface area contributed by atoms with Crippen molar-refractivity contribution in [1.82, 2.24) is 5.32 Å². The van der Waals surface area contributed by atoms with E-state index in [2.05, 4.69) is 5.32 Å². The quantitative estimate of drug-likeness (QED) is 0.652. The van der Waals surface area contributed by atoms with Crippen LogP contribution in [-0.2, 0) is 9.84 Å². The summed E-state index contributed by atoms with van der Waals surface area (Å²) in [6.45, 7) is 1.55. The van der Waals surface area contributed by atoms with E-state index in [4.69, 9.17) is 11.6 Å². The molecule has 9 heteroatoms. The van der Waals surface area contributed by atoms with Gasteiger partial charge in [0.1, 0.15) is 14.9 Å². The van der Waals surface area contributed by atoms with Gasteiger partial charge in [-0.15, -0.1) is 0 Å². The van der Waals surface area contributed by atoms with E-state index in [9.17, 15) is 23.3 Å². The average Bonchev–Trinajstić information content (AvgIpc) is 2.25. The second kappa shape index (κ2) is 6.19. The van der Waals surface area contributed by atoms with Crippen molar-refractivity contribution in [2.24, 2.45) is 0 Å². The fourth-order valence-electron chi connectivity index (χ4n) is 1.60. The lowest BCUT2D eigenvalue weighted by molar-refractivity contribution is -0.384. The lowest BCUT2D eigenvalue weighted by Gasteiger charge is -2.12. The van der Waals surface area contributed by atoms with Crippen LogP contribution in [0.2, 0.25) is 5.02 Å². The van der Waals surface area contributed by atoms with Gasteiger partial charge in [0, 0.05) is 23.9 Å². The smallest absolute Gasteiger partial charge is 0.287 e. The van der Waals surface area contributed by atoms with Crippen molar-refractivity contribution in [3.05, 3.63) is 38.9 Å². The second-order valence-corrected chi connectivity index (χ2v) is 6.98. The molecule has 20 heavy (non-hydrogen) atoms. The van der Waals surface area contributed by atoms with Crippen LogP contribution in [0, 0.1) is 10.1 Å². The van der Waals surface area contributed by atoms with Gasteiger partial charge in [0.25, 0.3) is 11.6 Å². The first-order chi connectivity index (χ1) is 9.10. The topological polar surface area (TPSA) is 106 Å². The van der Waals surface area contributed by atoms with Gasteiger partial charge in [-0.05, 0) is 19.1 Å². The number of nitro benzene ring substituents is 1. The van der Waals surface area contributed by atoms with Gasteiger partial charge in [0.05, 0.1) is 10.7 Å². The number of benzene rings is 1. The van der Waals surface area contributed by atoms with Crippen molar-refractivity contribution in [3.63, 3.8) is 0 Å². The first kappa shape index (κ1) is 16.4. The molecule has 1 rings (SSSR count). The molecule has 1 aromatic carbocycles. The van der Waals surface area contributed by atoms with E-state index in [0.717, 1.165) is 12.3 Å². The molecular formula is C11H13ClN2O5S. The minimum absolute atomic E-state index is 0.126. The van der Waals surface area contributed by atoms with Crippen molar-refractivity contribution in [3.8, 4) is 0 Å². The highest BCUT2D eigenvalue weighted by atomic mass is 35.5. The number of hydrogen-bond donors (Lipinski definition) is 1. The number of rotatable bonds is 5. The number of amides is 1. The fourth-order valence-corrected chi connectivity index (χ4v) is 2.84.